The second kappa shape index (κ2) is 11.8. The molecule has 154 valence electrons. The lowest BCUT2D eigenvalue weighted by atomic mass is 10.1. The number of unbranched alkanes of at least 4 members (excludes halogenated alkanes) is 5. The molecule has 0 saturated carbocycles. The summed E-state index contributed by atoms with van der Waals surface area (Å²) in [6.07, 6.45) is 8.12. The number of aromatic amines is 1. The number of hydrogen-bond acceptors (Lipinski definition) is 8. The highest BCUT2D eigenvalue weighted by molar-refractivity contribution is 9.10. The molecule has 0 radical (unpaired) electrons. The minimum Gasteiger partial charge on any atom is -0.492 e. The number of rotatable bonds is 12. The molecular formula is C18H22BrN7O3. The largest absolute Gasteiger partial charge is 0.492 e. The molecule has 0 aliphatic heterocycles. The van der Waals surface area contributed by atoms with Gasteiger partial charge in [0.15, 0.2) is 0 Å². The quantitative estimate of drug-likeness (QED) is 0.201. The van der Waals surface area contributed by atoms with Crippen molar-refractivity contribution in [2.24, 2.45) is 0 Å². The van der Waals surface area contributed by atoms with E-state index < -0.39 is 4.92 Å². The van der Waals surface area contributed by atoms with Crippen LogP contribution in [-0.4, -0.2) is 32.2 Å². The first-order valence-electron chi connectivity index (χ1n) is 9.28. The number of benzene rings is 1. The Morgan fingerprint density at radius 1 is 1.38 bits per heavy atom. The van der Waals surface area contributed by atoms with Crippen molar-refractivity contribution in [1.29, 1.82) is 5.26 Å². The van der Waals surface area contributed by atoms with Gasteiger partial charge in [0.05, 0.1) is 16.0 Å². The molecule has 0 saturated heterocycles. The van der Waals surface area contributed by atoms with Crippen LogP contribution >= 0.6 is 15.9 Å². The van der Waals surface area contributed by atoms with Crippen LogP contribution in [0.25, 0.3) is 5.57 Å². The average molecular weight is 464 g/mol. The summed E-state index contributed by atoms with van der Waals surface area (Å²) in [5.74, 6) is 0.567. The van der Waals surface area contributed by atoms with Crippen molar-refractivity contribution in [3.05, 3.63) is 38.7 Å². The Labute approximate surface area is 176 Å². The zero-order valence-electron chi connectivity index (χ0n) is 16.0. The first kappa shape index (κ1) is 22.3. The summed E-state index contributed by atoms with van der Waals surface area (Å²) in [5.41, 5.74) is 0.100. The van der Waals surface area contributed by atoms with Crippen molar-refractivity contribution in [2.45, 2.75) is 45.4 Å². The molecule has 11 heteroatoms. The number of H-pyrrole nitrogens is 1. The third-order valence-electron chi connectivity index (χ3n) is 4.08. The summed E-state index contributed by atoms with van der Waals surface area (Å²) in [6.45, 7) is 2.70. The molecule has 1 heterocycles. The highest BCUT2D eigenvalue weighted by Crippen LogP contribution is 2.36. The van der Waals surface area contributed by atoms with E-state index in [1.807, 2.05) is 6.07 Å². The van der Waals surface area contributed by atoms with Crippen LogP contribution in [0, 0.1) is 21.4 Å². The van der Waals surface area contributed by atoms with Gasteiger partial charge in [0.2, 0.25) is 5.82 Å². The Bertz CT molecular complexity index is 878. The standard InChI is InChI=1S/C18H22BrN7O3/c1-2-3-4-5-6-7-8-29-17-10-15(16(26(27)28)9-14(17)19)21-12-13(11-20)18-22-24-25-23-18/h9-10,12,21H,2-8H2,1H3,(H,22,23,24,25). The van der Waals surface area contributed by atoms with Crippen LogP contribution in [0.2, 0.25) is 0 Å². The monoisotopic (exact) mass is 463 g/mol. The predicted octanol–water partition coefficient (Wildman–Crippen LogP) is 4.59. The molecule has 0 atom stereocenters. The van der Waals surface area contributed by atoms with Crippen molar-refractivity contribution >= 4 is 32.9 Å². The second-order valence-corrected chi connectivity index (χ2v) is 7.08. The van der Waals surface area contributed by atoms with Crippen LogP contribution < -0.4 is 10.1 Å². The van der Waals surface area contributed by atoms with Gasteiger partial charge in [-0.15, -0.1) is 10.2 Å². The normalized spacial score (nSPS) is 11.1. The molecule has 0 fully saturated rings. The fourth-order valence-electron chi connectivity index (χ4n) is 2.56. The van der Waals surface area contributed by atoms with Gasteiger partial charge in [0.25, 0.3) is 5.69 Å². The van der Waals surface area contributed by atoms with E-state index in [4.69, 9.17) is 4.74 Å². The Hall–Kier alpha value is -3.00. The van der Waals surface area contributed by atoms with E-state index in [0.717, 1.165) is 12.8 Å². The Kier molecular flexibility index (Phi) is 9.04. The van der Waals surface area contributed by atoms with Gasteiger partial charge in [-0.3, -0.25) is 10.1 Å². The van der Waals surface area contributed by atoms with E-state index in [-0.39, 0.29) is 22.8 Å². The van der Waals surface area contributed by atoms with Crippen LogP contribution in [0.15, 0.2) is 22.8 Å². The van der Waals surface area contributed by atoms with Gasteiger partial charge in [0, 0.05) is 18.3 Å². The molecule has 0 aliphatic carbocycles. The summed E-state index contributed by atoms with van der Waals surface area (Å²) in [5, 5.41) is 36.5. The number of halogens is 1. The number of anilines is 1. The first-order valence-corrected chi connectivity index (χ1v) is 10.1. The molecule has 2 N–H and O–H groups in total. The number of nitro benzene ring substituents is 1. The number of nitro groups is 1. The maximum absolute atomic E-state index is 11.4. The Balaban J connectivity index is 2.09. The summed E-state index contributed by atoms with van der Waals surface area (Å²) in [4.78, 5) is 10.9. The number of aromatic nitrogens is 4. The molecule has 29 heavy (non-hydrogen) atoms. The molecule has 0 aliphatic rings. The highest BCUT2D eigenvalue weighted by atomic mass is 79.9. The zero-order valence-corrected chi connectivity index (χ0v) is 17.6. The minimum atomic E-state index is -0.515. The number of hydrogen-bond donors (Lipinski definition) is 2. The summed E-state index contributed by atoms with van der Waals surface area (Å²) in [7, 11) is 0. The molecule has 0 unspecified atom stereocenters. The molecule has 10 nitrogen and oxygen atoms in total. The summed E-state index contributed by atoms with van der Waals surface area (Å²) in [6, 6.07) is 4.81. The van der Waals surface area contributed by atoms with Gasteiger partial charge in [-0.25, -0.2) is 0 Å². The summed E-state index contributed by atoms with van der Waals surface area (Å²) >= 11 is 3.32. The van der Waals surface area contributed by atoms with Crippen LogP contribution in [0.4, 0.5) is 11.4 Å². The van der Waals surface area contributed by atoms with Crippen molar-refractivity contribution in [1.82, 2.24) is 20.6 Å². The number of tetrazole rings is 1. The van der Waals surface area contributed by atoms with Crippen LogP contribution in [-0.2, 0) is 0 Å². The van der Waals surface area contributed by atoms with Crippen molar-refractivity contribution in [3.8, 4) is 11.8 Å². The van der Waals surface area contributed by atoms with E-state index in [0.29, 0.717) is 16.8 Å². The Morgan fingerprint density at radius 3 is 2.79 bits per heavy atom. The second-order valence-electron chi connectivity index (χ2n) is 6.22. The van der Waals surface area contributed by atoms with E-state index in [1.165, 1.54) is 44.0 Å². The smallest absolute Gasteiger partial charge is 0.294 e. The van der Waals surface area contributed by atoms with Gasteiger partial charge in [-0.05, 0) is 27.6 Å². The van der Waals surface area contributed by atoms with Crippen LogP contribution in [0.1, 0.15) is 51.3 Å². The first-order chi connectivity index (χ1) is 14.1. The van der Waals surface area contributed by atoms with Crippen molar-refractivity contribution in [2.75, 3.05) is 11.9 Å². The third kappa shape index (κ3) is 6.83. The molecule has 0 spiro atoms. The average Bonchev–Trinajstić information content (AvgIpc) is 3.23. The number of ether oxygens (including phenoxy) is 1. The molecule has 1 aromatic carbocycles. The molecule has 0 bridgehead atoms. The van der Waals surface area contributed by atoms with E-state index in [9.17, 15) is 15.4 Å². The Morgan fingerprint density at radius 2 is 2.14 bits per heavy atom. The molecular weight excluding hydrogens is 442 g/mol. The number of nitrogens with one attached hydrogen (secondary N) is 2. The van der Waals surface area contributed by atoms with Gasteiger partial charge in [0.1, 0.15) is 23.1 Å². The minimum absolute atomic E-state index is 0.0746. The van der Waals surface area contributed by atoms with Crippen LogP contribution in [0.5, 0.6) is 5.75 Å². The number of allylic oxidation sites excluding steroid dienone is 1. The molecule has 1 aromatic heterocycles. The predicted molar refractivity (Wildman–Crippen MR) is 111 cm³/mol. The molecule has 2 aromatic rings. The maximum Gasteiger partial charge on any atom is 0.294 e. The number of nitriles is 1. The lowest BCUT2D eigenvalue weighted by molar-refractivity contribution is -0.384. The van der Waals surface area contributed by atoms with Crippen LogP contribution in [0.3, 0.4) is 0 Å². The van der Waals surface area contributed by atoms with Crippen molar-refractivity contribution < 1.29 is 9.66 Å². The van der Waals surface area contributed by atoms with Gasteiger partial charge in [-0.1, -0.05) is 39.0 Å². The van der Waals surface area contributed by atoms with Gasteiger partial charge in [-0.2, -0.15) is 10.5 Å². The van der Waals surface area contributed by atoms with E-state index in [2.05, 4.69) is 48.8 Å². The van der Waals surface area contributed by atoms with Gasteiger partial charge < -0.3 is 10.1 Å². The van der Waals surface area contributed by atoms with E-state index in [1.54, 1.807) is 0 Å². The van der Waals surface area contributed by atoms with E-state index >= 15 is 0 Å². The molecule has 0 amide bonds. The SMILES string of the molecule is CCCCCCCCOc1cc(NC=C(C#N)c2nn[nH]n2)c([N+](=O)[O-])cc1Br. The topological polar surface area (TPSA) is 143 Å². The lowest BCUT2D eigenvalue weighted by Crippen LogP contribution is -2.02. The third-order valence-corrected chi connectivity index (χ3v) is 4.70. The molecule has 2 rings (SSSR count). The number of nitrogens with zero attached hydrogens (tertiary/aromatic N) is 5. The lowest BCUT2D eigenvalue weighted by Gasteiger charge is -2.11. The van der Waals surface area contributed by atoms with Crippen molar-refractivity contribution in [3.63, 3.8) is 0 Å². The fourth-order valence-corrected chi connectivity index (χ4v) is 3.00. The maximum atomic E-state index is 11.4. The summed E-state index contributed by atoms with van der Waals surface area (Å²) < 4.78 is 6.28. The fraction of sp³-hybridized carbons (Fsp3) is 0.444. The zero-order chi connectivity index (χ0) is 21.1. The van der Waals surface area contributed by atoms with Gasteiger partial charge >= 0.3 is 0 Å². The highest BCUT2D eigenvalue weighted by Gasteiger charge is 2.18.